The largest absolute Gasteiger partial charge is 0.477 e. The van der Waals surface area contributed by atoms with Crippen molar-refractivity contribution in [2.24, 2.45) is 5.16 Å². The van der Waals surface area contributed by atoms with Gasteiger partial charge in [-0.25, -0.2) is 9.78 Å². The van der Waals surface area contributed by atoms with Crippen LogP contribution in [0, 0.1) is 0 Å². The number of unbranched alkanes of at least 4 members (excludes halogenated alkanes) is 2. The van der Waals surface area contributed by atoms with Gasteiger partial charge in [-0.1, -0.05) is 24.9 Å². The molecule has 3 heterocycles. The highest BCUT2D eigenvalue weighted by atomic mass is 32.2. The summed E-state index contributed by atoms with van der Waals surface area (Å²) in [7, 11) is 1.25. The Balaban J connectivity index is 1.83. The highest BCUT2D eigenvalue weighted by Gasteiger charge is 2.67. The molecule has 12 nitrogen and oxygen atoms in total. The summed E-state index contributed by atoms with van der Waals surface area (Å²) in [6, 6.07) is 0. The van der Waals surface area contributed by atoms with Crippen molar-refractivity contribution in [1.82, 2.24) is 15.2 Å². The summed E-state index contributed by atoms with van der Waals surface area (Å²) in [4.78, 5) is 60.0. The number of thiazole rings is 1. The van der Waals surface area contributed by atoms with Crippen LogP contribution in [0.15, 0.2) is 27.3 Å². The number of esters is 1. The molecule has 0 unspecified atom stereocenters. The molecule has 1 aromatic rings. The average molecular weight is 527 g/mol. The molecule has 2 aliphatic heterocycles. The number of rotatable bonds is 12. The molecular weight excluding hydrogens is 500 g/mol. The molecule has 0 radical (unpaired) electrons. The lowest BCUT2D eigenvalue weighted by molar-refractivity contribution is -0.191. The number of carboxylic acids is 1. The number of ether oxygens (including phenoxy) is 2. The minimum atomic E-state index is -1.82. The Hall–Kier alpha value is -2.97. The Kier molecular flexibility index (Phi) is 8.86. The number of carboxylic acid groups (broad SMARTS) is 1. The van der Waals surface area contributed by atoms with Crippen LogP contribution in [0.3, 0.4) is 0 Å². The second-order valence-corrected chi connectivity index (χ2v) is 9.41. The summed E-state index contributed by atoms with van der Waals surface area (Å²) >= 11 is 2.44. The molecule has 1 fully saturated rings. The predicted octanol–water partition coefficient (Wildman–Crippen LogP) is 1.33. The van der Waals surface area contributed by atoms with Gasteiger partial charge in [-0.05, 0) is 6.42 Å². The van der Waals surface area contributed by atoms with E-state index in [0.29, 0.717) is 6.61 Å². The molecule has 1 aromatic heterocycles. The fourth-order valence-electron chi connectivity index (χ4n) is 3.53. The number of nitrogens with zero attached hydrogens (tertiary/aromatic N) is 3. The van der Waals surface area contributed by atoms with Gasteiger partial charge in [0.25, 0.3) is 17.5 Å². The lowest BCUT2D eigenvalue weighted by atomic mass is 9.97. The number of oxime groups is 1. The van der Waals surface area contributed by atoms with E-state index in [1.807, 2.05) is 6.92 Å². The zero-order valence-corrected chi connectivity index (χ0v) is 21.1. The van der Waals surface area contributed by atoms with Crippen LogP contribution in [0.25, 0.3) is 0 Å². The first-order chi connectivity index (χ1) is 16.8. The molecule has 0 aromatic carbocycles. The number of amides is 2. The van der Waals surface area contributed by atoms with Crippen LogP contribution in [0.1, 0.15) is 38.8 Å². The number of thioether (sulfide) groups is 1. The lowest BCUT2D eigenvalue weighted by Gasteiger charge is -2.55. The third-order valence-corrected chi connectivity index (χ3v) is 7.23. The highest BCUT2D eigenvalue weighted by Crippen LogP contribution is 2.46. The number of aromatic nitrogens is 1. The van der Waals surface area contributed by atoms with Gasteiger partial charge in [-0.3, -0.25) is 19.3 Å². The van der Waals surface area contributed by atoms with Crippen molar-refractivity contribution < 1.29 is 38.6 Å². The molecule has 190 valence electrons. The number of carbonyl (C=O) groups excluding carboxylic acids is 3. The van der Waals surface area contributed by atoms with E-state index < -0.39 is 34.9 Å². The summed E-state index contributed by atoms with van der Waals surface area (Å²) in [6.45, 7) is 3.30. The fraction of sp³-hybridized carbons (Fsp3) is 0.524. The van der Waals surface area contributed by atoms with E-state index in [1.165, 1.54) is 42.6 Å². The second kappa shape index (κ2) is 11.6. The van der Waals surface area contributed by atoms with E-state index in [1.54, 1.807) is 5.38 Å². The molecule has 1 saturated heterocycles. The van der Waals surface area contributed by atoms with Gasteiger partial charge >= 0.3 is 11.9 Å². The smallest absolute Gasteiger partial charge is 0.352 e. The maximum absolute atomic E-state index is 13.2. The molecule has 35 heavy (non-hydrogen) atoms. The van der Waals surface area contributed by atoms with Gasteiger partial charge in [-0.2, -0.15) is 0 Å². The molecule has 2 atom stereocenters. The monoisotopic (exact) mass is 526 g/mol. The quantitative estimate of drug-likeness (QED) is 0.102. The van der Waals surface area contributed by atoms with Crippen molar-refractivity contribution in [3.05, 3.63) is 27.9 Å². The van der Waals surface area contributed by atoms with Crippen LogP contribution >= 0.6 is 23.1 Å². The van der Waals surface area contributed by atoms with Gasteiger partial charge in [0.1, 0.15) is 30.0 Å². The third kappa shape index (κ3) is 5.49. The average Bonchev–Trinajstić information content (AvgIpc) is 3.36. The molecule has 0 saturated carbocycles. The molecule has 2 aliphatic rings. The molecule has 0 spiro atoms. The van der Waals surface area contributed by atoms with Crippen molar-refractivity contribution in [3.8, 4) is 0 Å². The Labute approximate surface area is 209 Å². The Morgan fingerprint density at radius 1 is 1.37 bits per heavy atom. The molecule has 14 heteroatoms. The number of carbonyl (C=O) groups is 4. The van der Waals surface area contributed by atoms with Gasteiger partial charge in [0.2, 0.25) is 0 Å². The van der Waals surface area contributed by atoms with E-state index in [2.05, 4.69) is 15.5 Å². The van der Waals surface area contributed by atoms with Crippen molar-refractivity contribution >= 4 is 52.6 Å². The summed E-state index contributed by atoms with van der Waals surface area (Å²) in [5, 5.41) is 17.0. The number of β-lactam (4-membered cyclic amide) rings is 1. The summed E-state index contributed by atoms with van der Waals surface area (Å²) in [5.74, 6) is -3.31. The van der Waals surface area contributed by atoms with Crippen LogP contribution in [-0.2, 0) is 33.5 Å². The Morgan fingerprint density at radius 2 is 2.14 bits per heavy atom. The first kappa shape index (κ1) is 26.6. The van der Waals surface area contributed by atoms with Crippen molar-refractivity contribution in [2.75, 3.05) is 26.1 Å². The van der Waals surface area contributed by atoms with Crippen LogP contribution in [0.4, 0.5) is 0 Å². The molecule has 0 aliphatic carbocycles. The standard InChI is InChI=1S/C21H26N4O8S2/c1-4-5-6-7-33-24-15(14-10-34-11-22-14)17(27)23-21(31-3)19(30)25-16(18(28)29)13(8-32-12(2)26)9-35-20(21)25/h10-11,20H,4-9H2,1-3H3,(H,23,27)(H,28,29)/t20-,21+/m1/s1. The highest BCUT2D eigenvalue weighted by molar-refractivity contribution is 8.00. The first-order valence-electron chi connectivity index (χ1n) is 10.8. The number of nitrogens with one attached hydrogen (secondary N) is 1. The number of methoxy groups -OCH3 is 1. The predicted molar refractivity (Wildman–Crippen MR) is 126 cm³/mol. The van der Waals surface area contributed by atoms with Crippen molar-refractivity contribution in [3.63, 3.8) is 0 Å². The normalized spacial score (nSPS) is 21.8. The van der Waals surface area contributed by atoms with Crippen LogP contribution in [-0.4, -0.2) is 81.6 Å². The van der Waals surface area contributed by atoms with E-state index in [0.717, 1.165) is 24.2 Å². The minimum Gasteiger partial charge on any atom is -0.477 e. The fourth-order valence-corrected chi connectivity index (χ4v) is 5.49. The summed E-state index contributed by atoms with van der Waals surface area (Å²) < 4.78 is 10.4. The SMILES string of the molecule is CCCCCON=C(C(=O)N[C@]1(OC)C(=O)N2C(C(=O)O)=C(COC(C)=O)CS[C@@H]21)c1cscn1. The zero-order chi connectivity index (χ0) is 25.6. The topological polar surface area (TPSA) is 157 Å². The maximum Gasteiger partial charge on any atom is 0.352 e. The molecule has 0 bridgehead atoms. The van der Waals surface area contributed by atoms with Gasteiger partial charge < -0.3 is 24.7 Å². The number of hydrogen-bond donors (Lipinski definition) is 2. The number of hydrogen-bond acceptors (Lipinski definition) is 11. The van der Waals surface area contributed by atoms with Gasteiger partial charge in [0.05, 0.1) is 5.51 Å². The van der Waals surface area contributed by atoms with Crippen LogP contribution in [0.2, 0.25) is 0 Å². The summed E-state index contributed by atoms with van der Waals surface area (Å²) in [6.07, 6.45) is 2.71. The number of fused-ring (bicyclic) bond motifs is 1. The minimum absolute atomic E-state index is 0.129. The van der Waals surface area contributed by atoms with Gasteiger partial charge in [-0.15, -0.1) is 23.1 Å². The van der Waals surface area contributed by atoms with Crippen LogP contribution < -0.4 is 5.32 Å². The maximum atomic E-state index is 13.2. The second-order valence-electron chi connectivity index (χ2n) is 7.62. The molecule has 3 rings (SSSR count). The third-order valence-electron chi connectivity index (χ3n) is 5.27. The molecule has 2 N–H and O–H groups in total. The zero-order valence-electron chi connectivity index (χ0n) is 19.4. The van der Waals surface area contributed by atoms with E-state index >= 15 is 0 Å². The van der Waals surface area contributed by atoms with Crippen molar-refractivity contribution in [1.29, 1.82) is 0 Å². The first-order valence-corrected chi connectivity index (χ1v) is 12.8. The Bertz CT molecular complexity index is 1040. The number of aliphatic carboxylic acids is 1. The van der Waals surface area contributed by atoms with E-state index in [-0.39, 0.29) is 35.0 Å². The lowest BCUT2D eigenvalue weighted by Crippen LogP contribution is -2.81. The van der Waals surface area contributed by atoms with Crippen molar-refractivity contribution in [2.45, 2.75) is 44.2 Å². The van der Waals surface area contributed by atoms with Gasteiger partial charge in [0, 0.05) is 30.7 Å². The summed E-state index contributed by atoms with van der Waals surface area (Å²) in [5.41, 5.74) is -0.185. The van der Waals surface area contributed by atoms with E-state index in [9.17, 15) is 24.3 Å². The van der Waals surface area contributed by atoms with Gasteiger partial charge in [0.15, 0.2) is 5.71 Å². The van der Waals surface area contributed by atoms with Crippen LogP contribution in [0.5, 0.6) is 0 Å². The van der Waals surface area contributed by atoms with E-state index in [4.69, 9.17) is 14.3 Å². The Morgan fingerprint density at radius 3 is 2.74 bits per heavy atom. The molecular formula is C21H26N4O8S2. The molecule has 2 amide bonds.